The minimum Gasteiger partial charge on any atom is -0.342 e. The van der Waals surface area contributed by atoms with Gasteiger partial charge in [0, 0.05) is 13.1 Å². The highest BCUT2D eigenvalue weighted by Crippen LogP contribution is 2.71. The molecule has 1 aromatic carbocycles. The van der Waals surface area contributed by atoms with Crippen LogP contribution in [0.15, 0.2) is 30.3 Å². The summed E-state index contributed by atoms with van der Waals surface area (Å²) in [5.41, 5.74) is 1.99. The summed E-state index contributed by atoms with van der Waals surface area (Å²) in [6, 6.07) is 11.7. The van der Waals surface area contributed by atoms with Crippen molar-refractivity contribution in [3.05, 3.63) is 35.9 Å². The Balaban J connectivity index is 1.52. The van der Waals surface area contributed by atoms with Gasteiger partial charge in [0.25, 0.3) is 0 Å². The largest absolute Gasteiger partial charge is 0.342 e. The Kier molecular flexibility index (Phi) is 4.81. The highest BCUT2D eigenvalue weighted by atomic mass is 16.2. The Labute approximate surface area is 176 Å². The van der Waals surface area contributed by atoms with Gasteiger partial charge in [0.2, 0.25) is 5.91 Å². The van der Waals surface area contributed by atoms with Gasteiger partial charge in [0.05, 0.1) is 5.41 Å². The summed E-state index contributed by atoms with van der Waals surface area (Å²) in [4.78, 5) is 16.3. The van der Waals surface area contributed by atoms with Crippen molar-refractivity contribution in [1.29, 1.82) is 0 Å². The van der Waals surface area contributed by atoms with Gasteiger partial charge in [0.15, 0.2) is 0 Å². The van der Waals surface area contributed by atoms with E-state index in [0.29, 0.717) is 17.4 Å². The Morgan fingerprint density at radius 1 is 1.07 bits per heavy atom. The molecule has 1 amide bonds. The van der Waals surface area contributed by atoms with Crippen LogP contribution in [0.4, 0.5) is 0 Å². The van der Waals surface area contributed by atoms with E-state index in [2.05, 4.69) is 54.5 Å². The van der Waals surface area contributed by atoms with Crippen LogP contribution in [0, 0.1) is 16.7 Å². The van der Waals surface area contributed by atoms with Crippen molar-refractivity contribution in [3.63, 3.8) is 0 Å². The van der Waals surface area contributed by atoms with E-state index >= 15 is 0 Å². The predicted octanol–water partition coefficient (Wildman–Crippen LogP) is 4.91. The number of nitrogens with zero attached hydrogens (tertiary/aromatic N) is 1. The van der Waals surface area contributed by atoms with Gasteiger partial charge in [-0.1, -0.05) is 43.7 Å². The molecule has 5 fully saturated rings. The lowest BCUT2D eigenvalue weighted by molar-refractivity contribution is -0.174. The second-order valence-electron chi connectivity index (χ2n) is 11.1. The summed E-state index contributed by atoms with van der Waals surface area (Å²) in [5.74, 6) is 1.21. The van der Waals surface area contributed by atoms with Crippen molar-refractivity contribution in [2.75, 3.05) is 20.1 Å². The number of amides is 1. The standard InChI is InChI=1S/C26H38N2O/c1-3-11-24-14-20-15-25(17-24,21-7-5-4-6-8-21)19-26(16-20,18-24)23(29)28(2)22-9-12-27-13-10-22/h4-8,20,22,27H,3,9-19H2,1-2H3/t20?,24?,25-,26?/m1/s1. The number of hydrogen-bond acceptors (Lipinski definition) is 2. The molecule has 1 N–H and O–H groups in total. The molecule has 0 spiro atoms. The molecule has 3 unspecified atom stereocenters. The zero-order chi connectivity index (χ0) is 20.1. The first-order chi connectivity index (χ1) is 14.0. The molecular formula is C26H38N2O. The molecule has 3 nitrogen and oxygen atoms in total. The van der Waals surface area contributed by atoms with Gasteiger partial charge in [-0.2, -0.15) is 0 Å². The maximum atomic E-state index is 14.1. The zero-order valence-corrected chi connectivity index (χ0v) is 18.4. The van der Waals surface area contributed by atoms with Crippen LogP contribution in [0.25, 0.3) is 0 Å². The summed E-state index contributed by atoms with van der Waals surface area (Å²) in [6.45, 7) is 4.43. The average Bonchev–Trinajstić information content (AvgIpc) is 2.73. The van der Waals surface area contributed by atoms with E-state index < -0.39 is 0 Å². The molecular weight excluding hydrogens is 356 g/mol. The summed E-state index contributed by atoms with van der Waals surface area (Å²) in [7, 11) is 2.11. The highest BCUT2D eigenvalue weighted by molar-refractivity contribution is 5.84. The van der Waals surface area contributed by atoms with E-state index in [0.717, 1.165) is 51.1 Å². The highest BCUT2D eigenvalue weighted by Gasteiger charge is 2.66. The lowest BCUT2D eigenvalue weighted by atomic mass is 9.37. The fraction of sp³-hybridized carbons (Fsp3) is 0.731. The lowest BCUT2D eigenvalue weighted by Crippen LogP contribution is -2.63. The van der Waals surface area contributed by atoms with Crippen LogP contribution in [-0.4, -0.2) is 37.0 Å². The van der Waals surface area contributed by atoms with Gasteiger partial charge in [-0.15, -0.1) is 0 Å². The van der Waals surface area contributed by atoms with Gasteiger partial charge in [-0.05, 0) is 93.2 Å². The van der Waals surface area contributed by atoms with Crippen LogP contribution in [0.2, 0.25) is 0 Å². The summed E-state index contributed by atoms with van der Waals surface area (Å²) >= 11 is 0. The molecule has 0 radical (unpaired) electrons. The lowest BCUT2D eigenvalue weighted by Gasteiger charge is -2.67. The minimum atomic E-state index is -0.121. The molecule has 1 heterocycles. The SMILES string of the molecule is CCCC12CC3CC(C(=O)N(C)C4CCNCC4)(C1)C[C@@](c1ccccc1)(C3)C2. The summed E-state index contributed by atoms with van der Waals surface area (Å²) in [5, 5.41) is 3.46. The smallest absolute Gasteiger partial charge is 0.228 e. The van der Waals surface area contributed by atoms with Crippen molar-refractivity contribution < 1.29 is 4.79 Å². The quantitative estimate of drug-likeness (QED) is 0.770. The second kappa shape index (κ2) is 7.11. The Morgan fingerprint density at radius 3 is 2.55 bits per heavy atom. The third kappa shape index (κ3) is 3.15. The topological polar surface area (TPSA) is 32.3 Å². The Bertz CT molecular complexity index is 757. The number of piperidine rings is 1. The first-order valence-electron chi connectivity index (χ1n) is 12.0. The van der Waals surface area contributed by atoms with Crippen LogP contribution < -0.4 is 5.32 Å². The molecule has 4 atom stereocenters. The second-order valence-corrected chi connectivity index (χ2v) is 11.1. The van der Waals surface area contributed by atoms with E-state index in [1.807, 2.05) is 0 Å². The Morgan fingerprint density at radius 2 is 1.83 bits per heavy atom. The fourth-order valence-electron chi connectivity index (χ4n) is 8.53. The maximum absolute atomic E-state index is 14.1. The molecule has 3 heteroatoms. The van der Waals surface area contributed by atoms with Gasteiger partial charge in [0.1, 0.15) is 0 Å². The van der Waals surface area contributed by atoms with Gasteiger partial charge >= 0.3 is 0 Å². The average molecular weight is 395 g/mol. The molecule has 29 heavy (non-hydrogen) atoms. The van der Waals surface area contributed by atoms with Crippen LogP contribution in [0.1, 0.15) is 76.7 Å². The first kappa shape index (κ1) is 19.6. The Hall–Kier alpha value is -1.35. The maximum Gasteiger partial charge on any atom is 0.228 e. The van der Waals surface area contributed by atoms with Crippen LogP contribution in [0.5, 0.6) is 0 Å². The molecule has 5 aliphatic rings. The van der Waals surface area contributed by atoms with Crippen molar-refractivity contribution in [3.8, 4) is 0 Å². The van der Waals surface area contributed by atoms with Gasteiger partial charge in [-0.25, -0.2) is 0 Å². The predicted molar refractivity (Wildman–Crippen MR) is 118 cm³/mol. The van der Waals surface area contributed by atoms with Crippen molar-refractivity contribution in [1.82, 2.24) is 10.2 Å². The normalized spacial score (nSPS) is 38.9. The fourth-order valence-corrected chi connectivity index (χ4v) is 8.53. The van der Waals surface area contributed by atoms with Crippen molar-refractivity contribution >= 4 is 5.91 Å². The number of benzene rings is 1. The molecule has 1 aromatic rings. The molecule has 4 aliphatic carbocycles. The molecule has 158 valence electrons. The summed E-state index contributed by atoms with van der Waals surface area (Å²) in [6.07, 6.45) is 12.1. The monoisotopic (exact) mass is 394 g/mol. The number of rotatable bonds is 5. The number of carbonyl (C=O) groups is 1. The summed E-state index contributed by atoms with van der Waals surface area (Å²) < 4.78 is 0. The van der Waals surface area contributed by atoms with Gasteiger partial charge < -0.3 is 10.2 Å². The van der Waals surface area contributed by atoms with Crippen LogP contribution >= 0.6 is 0 Å². The minimum absolute atomic E-state index is 0.121. The van der Waals surface area contributed by atoms with E-state index in [-0.39, 0.29) is 10.8 Å². The van der Waals surface area contributed by atoms with E-state index in [1.54, 1.807) is 0 Å². The third-order valence-electron chi connectivity index (χ3n) is 8.98. The number of nitrogens with one attached hydrogen (secondary N) is 1. The van der Waals surface area contributed by atoms with Crippen LogP contribution in [0.3, 0.4) is 0 Å². The van der Waals surface area contributed by atoms with E-state index in [4.69, 9.17) is 0 Å². The van der Waals surface area contributed by atoms with Gasteiger partial charge in [-0.3, -0.25) is 4.79 Å². The van der Waals surface area contributed by atoms with E-state index in [1.165, 1.54) is 37.7 Å². The van der Waals surface area contributed by atoms with Crippen molar-refractivity contribution in [2.45, 2.75) is 82.6 Å². The first-order valence-corrected chi connectivity index (χ1v) is 12.0. The van der Waals surface area contributed by atoms with Crippen LogP contribution in [-0.2, 0) is 10.2 Å². The molecule has 6 rings (SSSR count). The zero-order valence-electron chi connectivity index (χ0n) is 18.4. The molecule has 0 aromatic heterocycles. The number of carbonyl (C=O) groups excluding carboxylic acids is 1. The molecule has 1 saturated heterocycles. The van der Waals surface area contributed by atoms with Crippen molar-refractivity contribution in [2.24, 2.45) is 16.7 Å². The number of hydrogen-bond donors (Lipinski definition) is 1. The molecule has 1 aliphatic heterocycles. The molecule has 4 bridgehead atoms. The molecule has 4 saturated carbocycles. The third-order valence-corrected chi connectivity index (χ3v) is 8.98. The van der Waals surface area contributed by atoms with E-state index in [9.17, 15) is 4.79 Å².